The van der Waals surface area contributed by atoms with Crippen LogP contribution in [0.3, 0.4) is 0 Å². The molecular weight excluding hydrogens is 280 g/mol. The van der Waals surface area contributed by atoms with Crippen molar-refractivity contribution in [2.24, 2.45) is 0 Å². The molecule has 0 amide bonds. The molecule has 0 spiro atoms. The van der Waals surface area contributed by atoms with Gasteiger partial charge in [-0.3, -0.25) is 0 Å². The molecule has 0 aliphatic rings. The molecule has 2 rings (SSSR count). The zero-order valence-electron chi connectivity index (χ0n) is 12.7. The van der Waals surface area contributed by atoms with Crippen molar-refractivity contribution in [2.45, 2.75) is 0 Å². The van der Waals surface area contributed by atoms with Crippen LogP contribution in [-0.2, 0) is 4.74 Å². The number of rotatable bonds is 3. The summed E-state index contributed by atoms with van der Waals surface area (Å²) >= 11 is 0. The molecule has 0 aliphatic heterocycles. The van der Waals surface area contributed by atoms with Crippen molar-refractivity contribution in [3.63, 3.8) is 0 Å². The molecule has 22 heavy (non-hydrogen) atoms. The van der Waals surface area contributed by atoms with E-state index in [-0.39, 0.29) is 0 Å². The standard InChI is InChI=1S/C18H16O4/c1-20-14-10-7-13(8-11-14)9-12-15-16(18(19)22-3)5-4-6-17(15)21-2/h4-8,10-11H,1-3H3. The Bertz CT molecular complexity index is 721. The molecule has 0 aliphatic carbocycles. The summed E-state index contributed by atoms with van der Waals surface area (Å²) in [4.78, 5) is 11.8. The molecule has 4 heteroatoms. The third-order valence-electron chi connectivity index (χ3n) is 3.07. The fraction of sp³-hybridized carbons (Fsp3) is 0.167. The minimum absolute atomic E-state index is 0.378. The zero-order valence-corrected chi connectivity index (χ0v) is 12.7. The second kappa shape index (κ2) is 7.19. The van der Waals surface area contributed by atoms with Gasteiger partial charge in [-0.2, -0.15) is 0 Å². The van der Waals surface area contributed by atoms with Crippen molar-refractivity contribution in [1.29, 1.82) is 0 Å². The van der Waals surface area contributed by atoms with Crippen LogP contribution in [0.5, 0.6) is 11.5 Å². The summed E-state index contributed by atoms with van der Waals surface area (Å²) in [5.41, 5.74) is 1.69. The topological polar surface area (TPSA) is 44.8 Å². The molecule has 0 bridgehead atoms. The third-order valence-corrected chi connectivity index (χ3v) is 3.07. The molecule has 0 heterocycles. The van der Waals surface area contributed by atoms with Crippen molar-refractivity contribution >= 4 is 5.97 Å². The van der Waals surface area contributed by atoms with Gasteiger partial charge in [0.05, 0.1) is 32.5 Å². The largest absolute Gasteiger partial charge is 0.497 e. The van der Waals surface area contributed by atoms with Gasteiger partial charge in [-0.1, -0.05) is 17.9 Å². The van der Waals surface area contributed by atoms with E-state index in [9.17, 15) is 4.79 Å². The Morgan fingerprint density at radius 3 is 2.23 bits per heavy atom. The fourth-order valence-corrected chi connectivity index (χ4v) is 1.92. The van der Waals surface area contributed by atoms with E-state index in [1.165, 1.54) is 14.2 Å². The molecular formula is C18H16O4. The molecule has 0 fully saturated rings. The van der Waals surface area contributed by atoms with E-state index in [4.69, 9.17) is 14.2 Å². The highest BCUT2D eigenvalue weighted by molar-refractivity contribution is 5.93. The van der Waals surface area contributed by atoms with Gasteiger partial charge in [0, 0.05) is 5.56 Å². The lowest BCUT2D eigenvalue weighted by Gasteiger charge is -2.07. The van der Waals surface area contributed by atoms with Crippen molar-refractivity contribution in [3.8, 4) is 23.3 Å². The number of carbonyl (C=O) groups excluding carboxylic acids is 1. The van der Waals surface area contributed by atoms with E-state index in [0.29, 0.717) is 16.9 Å². The van der Waals surface area contributed by atoms with Gasteiger partial charge in [0.2, 0.25) is 0 Å². The Morgan fingerprint density at radius 1 is 0.909 bits per heavy atom. The van der Waals surface area contributed by atoms with Crippen molar-refractivity contribution < 1.29 is 19.0 Å². The normalized spacial score (nSPS) is 9.41. The number of hydrogen-bond acceptors (Lipinski definition) is 4. The maximum atomic E-state index is 11.8. The van der Waals surface area contributed by atoms with Crippen LogP contribution < -0.4 is 9.47 Å². The van der Waals surface area contributed by atoms with Gasteiger partial charge >= 0.3 is 5.97 Å². The second-order valence-electron chi connectivity index (χ2n) is 4.35. The summed E-state index contributed by atoms with van der Waals surface area (Å²) in [5.74, 6) is 6.85. The predicted octanol–water partition coefficient (Wildman–Crippen LogP) is 2.89. The van der Waals surface area contributed by atoms with E-state index in [2.05, 4.69) is 11.8 Å². The zero-order chi connectivity index (χ0) is 15.9. The van der Waals surface area contributed by atoms with Crippen molar-refractivity contribution in [1.82, 2.24) is 0 Å². The van der Waals surface area contributed by atoms with Crippen LogP contribution in [0.25, 0.3) is 0 Å². The monoisotopic (exact) mass is 296 g/mol. The Labute approximate surface area is 129 Å². The molecule has 0 unspecified atom stereocenters. The summed E-state index contributed by atoms with van der Waals surface area (Å²) < 4.78 is 15.2. The van der Waals surface area contributed by atoms with E-state index in [1.807, 2.05) is 24.3 Å². The van der Waals surface area contributed by atoms with Crippen LogP contribution in [-0.4, -0.2) is 27.3 Å². The molecule has 0 saturated heterocycles. The molecule has 4 nitrogen and oxygen atoms in total. The average Bonchev–Trinajstić information content (AvgIpc) is 2.59. The summed E-state index contributed by atoms with van der Waals surface area (Å²) in [6.07, 6.45) is 0. The smallest absolute Gasteiger partial charge is 0.339 e. The van der Waals surface area contributed by atoms with Gasteiger partial charge in [0.25, 0.3) is 0 Å². The summed E-state index contributed by atoms with van der Waals surface area (Å²) in [5, 5.41) is 0. The quantitative estimate of drug-likeness (QED) is 0.645. The minimum Gasteiger partial charge on any atom is -0.497 e. The number of methoxy groups -OCH3 is 3. The summed E-state index contributed by atoms with van der Waals surface area (Å²) in [6.45, 7) is 0. The maximum Gasteiger partial charge on any atom is 0.339 e. The highest BCUT2D eigenvalue weighted by Crippen LogP contribution is 2.22. The molecule has 0 aromatic heterocycles. The first-order valence-electron chi connectivity index (χ1n) is 6.61. The van der Waals surface area contributed by atoms with E-state index in [1.54, 1.807) is 25.3 Å². The highest BCUT2D eigenvalue weighted by Gasteiger charge is 2.14. The molecule has 0 saturated carbocycles. The first-order chi connectivity index (χ1) is 10.7. The Hall–Kier alpha value is -2.93. The van der Waals surface area contributed by atoms with Gasteiger partial charge in [-0.25, -0.2) is 4.79 Å². The summed E-state index contributed by atoms with van der Waals surface area (Å²) in [6, 6.07) is 12.5. The van der Waals surface area contributed by atoms with Gasteiger partial charge in [-0.15, -0.1) is 0 Å². The van der Waals surface area contributed by atoms with E-state index < -0.39 is 5.97 Å². The van der Waals surface area contributed by atoms with Crippen molar-refractivity contribution in [2.75, 3.05) is 21.3 Å². The van der Waals surface area contributed by atoms with E-state index in [0.717, 1.165) is 11.3 Å². The lowest BCUT2D eigenvalue weighted by atomic mass is 10.1. The Morgan fingerprint density at radius 2 is 1.64 bits per heavy atom. The van der Waals surface area contributed by atoms with Crippen LogP contribution in [0.2, 0.25) is 0 Å². The number of hydrogen-bond donors (Lipinski definition) is 0. The SMILES string of the molecule is COC(=O)c1cccc(OC)c1C#Cc1ccc(OC)cc1. The Balaban J connectivity index is 2.43. The first kappa shape index (κ1) is 15.5. The first-order valence-corrected chi connectivity index (χ1v) is 6.61. The molecule has 2 aromatic rings. The molecule has 112 valence electrons. The van der Waals surface area contributed by atoms with Crippen molar-refractivity contribution in [3.05, 3.63) is 59.2 Å². The number of benzene rings is 2. The van der Waals surface area contributed by atoms with Crippen LogP contribution in [0.15, 0.2) is 42.5 Å². The van der Waals surface area contributed by atoms with Crippen LogP contribution in [0, 0.1) is 11.8 Å². The van der Waals surface area contributed by atoms with Crippen LogP contribution in [0.1, 0.15) is 21.5 Å². The van der Waals surface area contributed by atoms with Gasteiger partial charge in [0.15, 0.2) is 0 Å². The number of esters is 1. The fourth-order valence-electron chi connectivity index (χ4n) is 1.92. The molecule has 0 radical (unpaired) electrons. The summed E-state index contributed by atoms with van der Waals surface area (Å²) in [7, 11) is 4.48. The van der Waals surface area contributed by atoms with Gasteiger partial charge < -0.3 is 14.2 Å². The molecule has 0 N–H and O–H groups in total. The molecule has 0 atom stereocenters. The van der Waals surface area contributed by atoms with E-state index >= 15 is 0 Å². The minimum atomic E-state index is -0.446. The average molecular weight is 296 g/mol. The lowest BCUT2D eigenvalue weighted by Crippen LogP contribution is -2.05. The highest BCUT2D eigenvalue weighted by atomic mass is 16.5. The maximum absolute atomic E-state index is 11.8. The predicted molar refractivity (Wildman–Crippen MR) is 83.3 cm³/mol. The number of ether oxygens (including phenoxy) is 3. The second-order valence-corrected chi connectivity index (χ2v) is 4.35. The molecule has 2 aromatic carbocycles. The Kier molecular flexibility index (Phi) is 5.05. The third kappa shape index (κ3) is 3.39. The van der Waals surface area contributed by atoms with Gasteiger partial charge in [-0.05, 0) is 36.4 Å². The van der Waals surface area contributed by atoms with Crippen LogP contribution in [0.4, 0.5) is 0 Å². The lowest BCUT2D eigenvalue weighted by molar-refractivity contribution is 0.0600. The van der Waals surface area contributed by atoms with Crippen LogP contribution >= 0.6 is 0 Å². The van der Waals surface area contributed by atoms with Gasteiger partial charge in [0.1, 0.15) is 11.5 Å². The number of carbonyl (C=O) groups is 1.